The molecule has 0 amide bonds. The molecule has 6 nitrogen and oxygen atoms in total. The number of benzene rings is 2. The van der Waals surface area contributed by atoms with Crippen LogP contribution < -0.4 is 10.2 Å². The van der Waals surface area contributed by atoms with Crippen molar-refractivity contribution in [1.82, 2.24) is 15.7 Å². The minimum Gasteiger partial charge on any atom is -0.452 e. The van der Waals surface area contributed by atoms with Crippen LogP contribution in [0.2, 0.25) is 5.02 Å². The smallest absolute Gasteiger partial charge is 0.184 e. The number of aromatic nitrogens is 2. The van der Waals surface area contributed by atoms with E-state index in [1.165, 1.54) is 41.2 Å². The Bertz CT molecular complexity index is 1110. The lowest BCUT2D eigenvalue weighted by atomic mass is 9.99. The quantitative estimate of drug-likeness (QED) is 0.647. The number of hydrogen-bond acceptors (Lipinski definition) is 6. The molecule has 1 N–H and O–H groups in total. The van der Waals surface area contributed by atoms with Crippen LogP contribution in [0.3, 0.4) is 0 Å². The van der Waals surface area contributed by atoms with Gasteiger partial charge in [0.25, 0.3) is 0 Å². The van der Waals surface area contributed by atoms with Crippen LogP contribution in [0.5, 0.6) is 11.5 Å². The zero-order chi connectivity index (χ0) is 21.1. The number of halogens is 2. The fraction of sp³-hybridized carbons (Fsp3) is 0.227. The molecular formula is C22H20ClFN4O2. The Morgan fingerprint density at radius 3 is 2.83 bits per heavy atom. The maximum atomic E-state index is 14.3. The molecule has 30 heavy (non-hydrogen) atoms. The maximum Gasteiger partial charge on any atom is 0.184 e. The summed E-state index contributed by atoms with van der Waals surface area (Å²) in [5, 5.41) is 7.72. The minimum atomic E-state index is -0.649. The molecule has 0 aliphatic carbocycles. The van der Waals surface area contributed by atoms with E-state index < -0.39 is 5.82 Å². The number of rotatable bonds is 5. The van der Waals surface area contributed by atoms with Crippen LogP contribution in [-0.4, -0.2) is 28.7 Å². The van der Waals surface area contributed by atoms with E-state index in [-0.39, 0.29) is 22.6 Å². The van der Waals surface area contributed by atoms with Gasteiger partial charge in [0.15, 0.2) is 23.2 Å². The SMILES string of the molecule is Cc1ccc(C[C@@H]2CONC(c3cnncc3Oc3cccc(Cl)c3F)=N2)c(C)c1. The average molecular weight is 427 g/mol. The van der Waals surface area contributed by atoms with Crippen molar-refractivity contribution < 1.29 is 14.0 Å². The Morgan fingerprint density at radius 1 is 1.17 bits per heavy atom. The minimum absolute atomic E-state index is 0.0130. The van der Waals surface area contributed by atoms with Gasteiger partial charge in [0.2, 0.25) is 0 Å². The molecule has 0 spiro atoms. The molecule has 154 valence electrons. The lowest BCUT2D eigenvalue weighted by molar-refractivity contribution is 0.0623. The summed E-state index contributed by atoms with van der Waals surface area (Å²) >= 11 is 5.85. The van der Waals surface area contributed by atoms with Gasteiger partial charge in [-0.1, -0.05) is 41.4 Å². The summed E-state index contributed by atoms with van der Waals surface area (Å²) in [7, 11) is 0. The van der Waals surface area contributed by atoms with E-state index in [0.717, 1.165) is 6.42 Å². The highest BCUT2D eigenvalue weighted by molar-refractivity contribution is 6.30. The van der Waals surface area contributed by atoms with Crippen molar-refractivity contribution in [2.24, 2.45) is 4.99 Å². The van der Waals surface area contributed by atoms with Gasteiger partial charge in [-0.25, -0.2) is 9.87 Å². The van der Waals surface area contributed by atoms with Gasteiger partial charge in [-0.3, -0.25) is 9.83 Å². The number of hydroxylamine groups is 1. The van der Waals surface area contributed by atoms with Gasteiger partial charge in [-0.15, -0.1) is 0 Å². The van der Waals surface area contributed by atoms with Gasteiger partial charge < -0.3 is 4.74 Å². The van der Waals surface area contributed by atoms with Crippen molar-refractivity contribution in [1.29, 1.82) is 0 Å². The summed E-state index contributed by atoms with van der Waals surface area (Å²) in [6, 6.07) is 10.8. The van der Waals surface area contributed by atoms with E-state index in [2.05, 4.69) is 47.7 Å². The summed E-state index contributed by atoms with van der Waals surface area (Å²) in [6.45, 7) is 4.59. The molecule has 8 heteroatoms. The van der Waals surface area contributed by atoms with Crippen molar-refractivity contribution in [2.75, 3.05) is 6.61 Å². The van der Waals surface area contributed by atoms with E-state index in [0.29, 0.717) is 18.0 Å². The van der Waals surface area contributed by atoms with E-state index in [9.17, 15) is 4.39 Å². The molecule has 0 saturated carbocycles. The Balaban J connectivity index is 1.61. The number of nitrogens with zero attached hydrogens (tertiary/aromatic N) is 3. The lowest BCUT2D eigenvalue weighted by Crippen LogP contribution is -2.37. The van der Waals surface area contributed by atoms with E-state index in [1.54, 1.807) is 6.07 Å². The predicted octanol–water partition coefficient (Wildman–Crippen LogP) is 4.57. The molecule has 1 atom stereocenters. The van der Waals surface area contributed by atoms with Gasteiger partial charge in [-0.05, 0) is 43.5 Å². The third-order valence-electron chi connectivity index (χ3n) is 4.80. The highest BCUT2D eigenvalue weighted by atomic mass is 35.5. The molecule has 1 aromatic heterocycles. The summed E-state index contributed by atoms with van der Waals surface area (Å²) in [5.74, 6) is 0.0712. The normalized spacial score (nSPS) is 16.0. The topological polar surface area (TPSA) is 68.6 Å². The molecule has 2 aromatic carbocycles. The van der Waals surface area contributed by atoms with Crippen LogP contribution in [0.15, 0.2) is 53.8 Å². The van der Waals surface area contributed by atoms with Crippen molar-refractivity contribution in [3.8, 4) is 11.5 Å². The number of nitrogens with one attached hydrogen (secondary N) is 1. The Morgan fingerprint density at radius 2 is 2.00 bits per heavy atom. The van der Waals surface area contributed by atoms with E-state index in [4.69, 9.17) is 26.2 Å². The van der Waals surface area contributed by atoms with Crippen LogP contribution >= 0.6 is 11.6 Å². The molecule has 3 aromatic rings. The first-order valence-corrected chi connectivity index (χ1v) is 9.83. The number of aryl methyl sites for hydroxylation is 2. The molecule has 0 radical (unpaired) electrons. The zero-order valence-corrected chi connectivity index (χ0v) is 17.3. The standard InChI is InChI=1S/C22H20ClFN4O2/c1-13-6-7-15(14(2)8-13)9-16-12-29-28-22(27-16)17-10-25-26-11-20(17)30-19-5-3-4-18(23)21(19)24/h3-8,10-11,16H,9,12H2,1-2H3,(H,27,28)/t16-/m1/s1. The number of aliphatic imine (C=N–C) groups is 1. The van der Waals surface area contributed by atoms with Crippen LogP contribution in [0.4, 0.5) is 4.39 Å². The molecule has 1 aliphatic heterocycles. The molecule has 2 heterocycles. The highest BCUT2D eigenvalue weighted by Gasteiger charge is 2.22. The monoisotopic (exact) mass is 426 g/mol. The Hall–Kier alpha value is -3.03. The summed E-state index contributed by atoms with van der Waals surface area (Å²) in [5.41, 5.74) is 6.97. The first-order chi connectivity index (χ1) is 14.5. The number of hydrogen-bond donors (Lipinski definition) is 1. The molecule has 0 saturated heterocycles. The number of amidine groups is 1. The maximum absolute atomic E-state index is 14.3. The fourth-order valence-corrected chi connectivity index (χ4v) is 3.43. The molecule has 4 rings (SSSR count). The van der Waals surface area contributed by atoms with Crippen molar-refractivity contribution in [3.05, 3.63) is 81.9 Å². The Kier molecular flexibility index (Phi) is 5.92. The predicted molar refractivity (Wildman–Crippen MR) is 113 cm³/mol. The first kappa shape index (κ1) is 20.3. The second-order valence-electron chi connectivity index (χ2n) is 7.10. The van der Waals surface area contributed by atoms with Crippen LogP contribution in [-0.2, 0) is 11.3 Å². The molecule has 1 aliphatic rings. The summed E-state index contributed by atoms with van der Waals surface area (Å²) in [4.78, 5) is 10.3. The average Bonchev–Trinajstić information content (AvgIpc) is 2.74. The van der Waals surface area contributed by atoms with E-state index in [1.807, 2.05) is 0 Å². The first-order valence-electron chi connectivity index (χ1n) is 9.46. The van der Waals surface area contributed by atoms with Crippen LogP contribution in [0.25, 0.3) is 0 Å². The molecule has 0 fully saturated rings. The second-order valence-corrected chi connectivity index (χ2v) is 7.51. The number of ether oxygens (including phenoxy) is 1. The molecule has 0 bridgehead atoms. The van der Waals surface area contributed by atoms with Gasteiger partial charge in [0.05, 0.1) is 35.6 Å². The summed E-state index contributed by atoms with van der Waals surface area (Å²) < 4.78 is 20.0. The fourth-order valence-electron chi connectivity index (χ4n) is 3.26. The van der Waals surface area contributed by atoms with Gasteiger partial charge >= 0.3 is 0 Å². The molecule has 0 unspecified atom stereocenters. The third kappa shape index (κ3) is 4.42. The zero-order valence-electron chi connectivity index (χ0n) is 16.5. The third-order valence-corrected chi connectivity index (χ3v) is 5.09. The van der Waals surface area contributed by atoms with Crippen LogP contribution in [0.1, 0.15) is 22.3 Å². The van der Waals surface area contributed by atoms with Gasteiger partial charge in [-0.2, -0.15) is 10.2 Å². The van der Waals surface area contributed by atoms with Crippen LogP contribution in [0, 0.1) is 19.7 Å². The highest BCUT2D eigenvalue weighted by Crippen LogP contribution is 2.30. The second kappa shape index (κ2) is 8.77. The van der Waals surface area contributed by atoms with Crippen molar-refractivity contribution in [3.63, 3.8) is 0 Å². The molecular weight excluding hydrogens is 407 g/mol. The van der Waals surface area contributed by atoms with Gasteiger partial charge in [0, 0.05) is 0 Å². The van der Waals surface area contributed by atoms with E-state index >= 15 is 0 Å². The van der Waals surface area contributed by atoms with Gasteiger partial charge in [0.1, 0.15) is 0 Å². The van der Waals surface area contributed by atoms with Crippen molar-refractivity contribution in [2.45, 2.75) is 26.3 Å². The van der Waals surface area contributed by atoms with Crippen molar-refractivity contribution >= 4 is 17.4 Å². The largest absolute Gasteiger partial charge is 0.452 e. The lowest BCUT2D eigenvalue weighted by Gasteiger charge is -2.23. The Labute approximate surface area is 178 Å². The summed E-state index contributed by atoms with van der Waals surface area (Å²) in [6.07, 6.45) is 3.62.